The molecule has 3 aromatic carbocycles. The lowest BCUT2D eigenvalue weighted by Gasteiger charge is -2.14. The van der Waals surface area contributed by atoms with Crippen LogP contribution in [0.1, 0.15) is 12.5 Å². The van der Waals surface area contributed by atoms with Gasteiger partial charge < -0.3 is 20.3 Å². The molecule has 37 heavy (non-hydrogen) atoms. The van der Waals surface area contributed by atoms with Crippen molar-refractivity contribution >= 4 is 45.3 Å². The maximum absolute atomic E-state index is 13.1. The van der Waals surface area contributed by atoms with Crippen molar-refractivity contribution in [3.05, 3.63) is 89.0 Å². The van der Waals surface area contributed by atoms with E-state index in [9.17, 15) is 9.59 Å². The molecule has 0 saturated carbocycles. The zero-order valence-electron chi connectivity index (χ0n) is 20.1. The number of amides is 1. The first kappa shape index (κ1) is 22.9. The molecule has 0 bridgehead atoms. The molecular formula is C27H23N7O2S. The molecule has 1 unspecified atom stereocenters. The summed E-state index contributed by atoms with van der Waals surface area (Å²) in [5.41, 5.74) is 5.59. The van der Waals surface area contributed by atoms with Gasteiger partial charge in [0.25, 0.3) is 0 Å². The fraction of sp³-hybridized carbons (Fsp3) is 0.111. The highest BCUT2D eigenvalue weighted by Gasteiger charge is 2.23. The molecule has 184 valence electrons. The van der Waals surface area contributed by atoms with E-state index in [1.165, 1.54) is 11.8 Å². The van der Waals surface area contributed by atoms with Crippen LogP contribution in [-0.2, 0) is 4.79 Å². The molecular weight excluding hydrogens is 486 g/mol. The van der Waals surface area contributed by atoms with Crippen LogP contribution in [0.3, 0.4) is 0 Å². The Morgan fingerprint density at radius 1 is 0.973 bits per heavy atom. The summed E-state index contributed by atoms with van der Waals surface area (Å²) < 4.78 is 1.99. The van der Waals surface area contributed by atoms with Gasteiger partial charge in [-0.2, -0.15) is 0 Å². The molecule has 0 saturated heterocycles. The molecule has 6 rings (SSSR count). The topological polar surface area (TPSA) is 124 Å². The summed E-state index contributed by atoms with van der Waals surface area (Å²) in [6.45, 7) is 3.87. The van der Waals surface area contributed by atoms with Gasteiger partial charge in [0, 0.05) is 34.0 Å². The first-order chi connectivity index (χ1) is 18.0. The van der Waals surface area contributed by atoms with E-state index in [1.54, 1.807) is 18.2 Å². The first-order valence-electron chi connectivity index (χ1n) is 11.7. The number of aromatic amines is 3. The van der Waals surface area contributed by atoms with Gasteiger partial charge in [-0.1, -0.05) is 42.1 Å². The number of para-hydroxylation sites is 1. The van der Waals surface area contributed by atoms with Crippen LogP contribution in [0.2, 0.25) is 0 Å². The van der Waals surface area contributed by atoms with Crippen molar-refractivity contribution in [3.63, 3.8) is 0 Å². The number of fused-ring (bicyclic) bond motifs is 2. The van der Waals surface area contributed by atoms with Crippen molar-refractivity contribution in [2.45, 2.75) is 24.3 Å². The van der Waals surface area contributed by atoms with Crippen LogP contribution in [0.25, 0.3) is 39.0 Å². The fourth-order valence-corrected chi connectivity index (χ4v) is 5.21. The number of thioether (sulfide) groups is 1. The monoisotopic (exact) mass is 509 g/mol. The molecule has 0 radical (unpaired) electrons. The molecule has 3 heterocycles. The number of hydrogen-bond donors (Lipinski definition) is 4. The summed E-state index contributed by atoms with van der Waals surface area (Å²) in [7, 11) is 0. The summed E-state index contributed by atoms with van der Waals surface area (Å²) >= 11 is 1.33. The third-order valence-electron chi connectivity index (χ3n) is 6.16. The average molecular weight is 510 g/mol. The number of carbonyl (C=O) groups excluding carboxylic acids is 1. The third-order valence-corrected chi connectivity index (χ3v) is 7.20. The molecule has 10 heteroatoms. The van der Waals surface area contributed by atoms with E-state index in [4.69, 9.17) is 0 Å². The number of aromatic nitrogens is 6. The van der Waals surface area contributed by atoms with E-state index >= 15 is 0 Å². The second kappa shape index (κ2) is 9.14. The van der Waals surface area contributed by atoms with Crippen LogP contribution in [0, 0.1) is 6.92 Å². The summed E-state index contributed by atoms with van der Waals surface area (Å²) in [5, 5.41) is 13.2. The number of anilines is 1. The molecule has 3 aromatic heterocycles. The molecule has 0 spiro atoms. The number of hydrogen-bond acceptors (Lipinski definition) is 5. The van der Waals surface area contributed by atoms with Crippen molar-refractivity contribution in [1.29, 1.82) is 0 Å². The smallest absolute Gasteiger partial charge is 0.323 e. The van der Waals surface area contributed by atoms with Crippen LogP contribution in [0.15, 0.2) is 82.9 Å². The number of aryl methyl sites for hydroxylation is 1. The van der Waals surface area contributed by atoms with E-state index in [0.29, 0.717) is 27.7 Å². The second-order valence-electron chi connectivity index (χ2n) is 8.82. The normalized spacial score (nSPS) is 12.3. The lowest BCUT2D eigenvalue weighted by Crippen LogP contribution is -2.22. The number of carbonyl (C=O) groups is 1. The molecule has 0 aliphatic rings. The van der Waals surface area contributed by atoms with Crippen molar-refractivity contribution in [2.75, 3.05) is 5.32 Å². The lowest BCUT2D eigenvalue weighted by molar-refractivity contribution is -0.115. The molecule has 9 nitrogen and oxygen atoms in total. The summed E-state index contributed by atoms with van der Waals surface area (Å²) in [4.78, 5) is 33.4. The first-order valence-corrected chi connectivity index (χ1v) is 12.6. The van der Waals surface area contributed by atoms with Crippen LogP contribution in [0.4, 0.5) is 5.69 Å². The van der Waals surface area contributed by atoms with Crippen molar-refractivity contribution in [1.82, 2.24) is 29.7 Å². The summed E-state index contributed by atoms with van der Waals surface area (Å²) in [5.74, 6) is 0.509. The van der Waals surface area contributed by atoms with Gasteiger partial charge in [-0.05, 0) is 55.8 Å². The van der Waals surface area contributed by atoms with Gasteiger partial charge >= 0.3 is 5.69 Å². The predicted octanol–water partition coefficient (Wildman–Crippen LogP) is 5.01. The SMILES string of the molecule is Cc1cccc(-n2c(SC(C)C(=O)Nc3ccc4[nH]c(=O)[nH]c4c3)nnc2-c2c[nH]c3ccccc23)c1. The van der Waals surface area contributed by atoms with Crippen molar-refractivity contribution in [2.24, 2.45) is 0 Å². The minimum Gasteiger partial charge on any atom is -0.360 e. The largest absolute Gasteiger partial charge is 0.360 e. The Kier molecular flexibility index (Phi) is 5.65. The van der Waals surface area contributed by atoms with E-state index in [-0.39, 0.29) is 11.6 Å². The van der Waals surface area contributed by atoms with Crippen molar-refractivity contribution < 1.29 is 4.79 Å². The Morgan fingerprint density at radius 2 is 1.81 bits per heavy atom. The molecule has 0 fully saturated rings. The van der Waals surface area contributed by atoms with Gasteiger partial charge in [0.1, 0.15) is 0 Å². The van der Waals surface area contributed by atoms with Crippen LogP contribution in [0.5, 0.6) is 0 Å². The fourth-order valence-electron chi connectivity index (χ4n) is 4.34. The Hall–Kier alpha value is -4.57. The highest BCUT2D eigenvalue weighted by Crippen LogP contribution is 2.34. The highest BCUT2D eigenvalue weighted by molar-refractivity contribution is 8.00. The average Bonchev–Trinajstić information content (AvgIpc) is 3.59. The minimum absolute atomic E-state index is 0.185. The quantitative estimate of drug-likeness (QED) is 0.235. The lowest BCUT2D eigenvalue weighted by atomic mass is 10.1. The van der Waals surface area contributed by atoms with E-state index in [2.05, 4.69) is 36.5 Å². The highest BCUT2D eigenvalue weighted by atomic mass is 32.2. The van der Waals surface area contributed by atoms with Crippen LogP contribution in [-0.4, -0.2) is 40.9 Å². The standard InChI is InChI=1S/C27H23N7O2S/c1-15-6-5-7-18(12-15)34-24(20-14-28-21-9-4-3-8-19(20)21)32-33-27(34)37-16(2)25(35)29-17-10-11-22-23(13-17)31-26(36)30-22/h3-14,16,28H,1-2H3,(H,29,35)(H2,30,31,36). The van der Waals surface area contributed by atoms with Gasteiger partial charge in [0.15, 0.2) is 11.0 Å². The van der Waals surface area contributed by atoms with E-state index in [0.717, 1.165) is 27.7 Å². The number of rotatable bonds is 6. The van der Waals surface area contributed by atoms with Crippen LogP contribution >= 0.6 is 11.8 Å². The van der Waals surface area contributed by atoms with Gasteiger partial charge in [-0.25, -0.2) is 4.79 Å². The molecule has 0 aliphatic heterocycles. The molecule has 1 amide bonds. The number of nitrogens with zero attached hydrogens (tertiary/aromatic N) is 3. The Bertz CT molecular complexity index is 1830. The van der Waals surface area contributed by atoms with Gasteiger partial charge in [-0.15, -0.1) is 10.2 Å². The third kappa shape index (κ3) is 4.31. The Balaban J connectivity index is 1.33. The Morgan fingerprint density at radius 3 is 2.68 bits per heavy atom. The summed E-state index contributed by atoms with van der Waals surface area (Å²) in [6, 6.07) is 21.4. The maximum atomic E-state index is 13.1. The van der Waals surface area contributed by atoms with Gasteiger partial charge in [-0.3, -0.25) is 9.36 Å². The number of imidazole rings is 1. The van der Waals surface area contributed by atoms with E-state index < -0.39 is 5.25 Å². The number of benzene rings is 3. The second-order valence-corrected chi connectivity index (χ2v) is 10.1. The van der Waals surface area contributed by atoms with Gasteiger partial charge in [0.05, 0.1) is 16.3 Å². The molecule has 6 aromatic rings. The molecule has 0 aliphatic carbocycles. The van der Waals surface area contributed by atoms with Crippen LogP contribution < -0.4 is 11.0 Å². The van der Waals surface area contributed by atoms with Gasteiger partial charge in [0.2, 0.25) is 5.91 Å². The number of H-pyrrole nitrogens is 3. The molecule has 1 atom stereocenters. The minimum atomic E-state index is -0.468. The predicted molar refractivity (Wildman–Crippen MR) is 146 cm³/mol. The Labute approximate surface area is 215 Å². The van der Waals surface area contributed by atoms with E-state index in [1.807, 2.05) is 67.1 Å². The zero-order chi connectivity index (χ0) is 25.5. The summed E-state index contributed by atoms with van der Waals surface area (Å²) in [6.07, 6.45) is 1.94. The number of nitrogens with one attached hydrogen (secondary N) is 4. The van der Waals surface area contributed by atoms with Crippen molar-refractivity contribution in [3.8, 4) is 17.1 Å². The zero-order valence-corrected chi connectivity index (χ0v) is 20.9. The molecule has 4 N–H and O–H groups in total. The maximum Gasteiger partial charge on any atom is 0.323 e.